The second-order valence-corrected chi connectivity index (χ2v) is 8.86. The first-order valence-corrected chi connectivity index (χ1v) is 9.84. The molecular weight excluding hydrogens is 398 g/mol. The van der Waals surface area contributed by atoms with E-state index >= 15 is 0 Å². The van der Waals surface area contributed by atoms with Crippen LogP contribution in [0.1, 0.15) is 53.1 Å². The van der Waals surface area contributed by atoms with Crippen LogP contribution in [0.2, 0.25) is 0 Å². The minimum atomic E-state index is -4.40. The first-order valence-electron chi connectivity index (χ1n) is 9.84. The first kappa shape index (κ1) is 22.6. The molecule has 164 valence electrons. The molecule has 1 aliphatic heterocycles. The molecule has 0 bridgehead atoms. The Labute approximate surface area is 174 Å². The van der Waals surface area contributed by atoms with Crippen molar-refractivity contribution in [3.05, 3.63) is 36.3 Å². The number of rotatable bonds is 6. The maximum atomic E-state index is 12.3. The Hall–Kier alpha value is -2.07. The molecule has 0 amide bonds. The number of alkyl halides is 3. The van der Waals surface area contributed by atoms with Crippen LogP contribution in [-0.2, 0) is 9.31 Å². The fourth-order valence-corrected chi connectivity index (χ4v) is 3.26. The highest BCUT2D eigenvalue weighted by Crippen LogP contribution is 2.36. The summed E-state index contributed by atoms with van der Waals surface area (Å²) in [4.78, 5) is 4.02. The minimum absolute atomic E-state index is 0.0723. The summed E-state index contributed by atoms with van der Waals surface area (Å²) in [7, 11) is -0.521. The SMILES string of the molecule is CC(C)C(c1ccc(OCC(F)(F)F)nc1)n1cc(B2OC(C)(C)C(C)(C)O2)cn1. The van der Waals surface area contributed by atoms with Gasteiger partial charge in [0.15, 0.2) is 6.61 Å². The zero-order valence-electron chi connectivity index (χ0n) is 18.0. The van der Waals surface area contributed by atoms with Crippen molar-refractivity contribution in [1.82, 2.24) is 14.8 Å². The standard InChI is InChI=1S/C20H27BF3N3O3/c1-13(2)17(14-7-8-16(25-9-14)28-12-20(22,23)24)27-11-15(10-26-27)21-29-18(3,4)19(5,6)30-21/h7-11,13,17H,12H2,1-6H3. The van der Waals surface area contributed by atoms with E-state index < -0.39 is 31.1 Å². The van der Waals surface area contributed by atoms with Crippen molar-refractivity contribution >= 4 is 12.6 Å². The van der Waals surface area contributed by atoms with Crippen LogP contribution in [0.5, 0.6) is 5.88 Å². The fraction of sp³-hybridized carbons (Fsp3) is 0.600. The average Bonchev–Trinajstić information content (AvgIpc) is 3.16. The molecule has 1 atom stereocenters. The van der Waals surface area contributed by atoms with E-state index in [1.807, 2.05) is 47.7 Å². The lowest BCUT2D eigenvalue weighted by Crippen LogP contribution is -2.41. The Morgan fingerprint density at radius 3 is 2.23 bits per heavy atom. The Balaban J connectivity index is 1.78. The molecule has 10 heteroatoms. The number of hydrogen-bond acceptors (Lipinski definition) is 5. The van der Waals surface area contributed by atoms with Crippen molar-refractivity contribution < 1.29 is 27.2 Å². The van der Waals surface area contributed by atoms with Crippen molar-refractivity contribution in [3.63, 3.8) is 0 Å². The van der Waals surface area contributed by atoms with Crippen molar-refractivity contribution in [2.75, 3.05) is 6.61 Å². The molecule has 0 spiro atoms. The van der Waals surface area contributed by atoms with Crippen molar-refractivity contribution in [1.29, 1.82) is 0 Å². The summed E-state index contributed by atoms with van der Waals surface area (Å²) in [6.07, 6.45) is 0.707. The zero-order valence-corrected chi connectivity index (χ0v) is 18.0. The van der Waals surface area contributed by atoms with Gasteiger partial charge in [-0.15, -0.1) is 0 Å². The Morgan fingerprint density at radius 2 is 1.73 bits per heavy atom. The summed E-state index contributed by atoms with van der Waals surface area (Å²) in [6.45, 7) is 10.7. The van der Waals surface area contributed by atoms with Gasteiger partial charge < -0.3 is 14.0 Å². The van der Waals surface area contributed by atoms with Crippen LogP contribution >= 0.6 is 0 Å². The van der Waals surface area contributed by atoms with E-state index in [9.17, 15) is 13.2 Å². The van der Waals surface area contributed by atoms with E-state index in [2.05, 4.69) is 10.1 Å². The molecule has 1 aliphatic rings. The lowest BCUT2D eigenvalue weighted by atomic mass is 9.82. The average molecular weight is 425 g/mol. The van der Waals surface area contributed by atoms with Gasteiger partial charge in [0.2, 0.25) is 5.88 Å². The van der Waals surface area contributed by atoms with E-state index in [0.717, 1.165) is 11.0 Å². The highest BCUT2D eigenvalue weighted by molar-refractivity contribution is 6.62. The first-order chi connectivity index (χ1) is 13.8. The number of pyridine rings is 1. The Bertz CT molecular complexity index is 850. The van der Waals surface area contributed by atoms with Gasteiger partial charge in [-0.25, -0.2) is 4.98 Å². The number of aromatic nitrogens is 3. The number of ether oxygens (including phenoxy) is 1. The molecule has 0 radical (unpaired) electrons. The quantitative estimate of drug-likeness (QED) is 0.660. The third-order valence-electron chi connectivity index (χ3n) is 5.55. The zero-order chi connectivity index (χ0) is 22.3. The molecule has 2 aromatic rings. The van der Waals surface area contributed by atoms with Gasteiger partial charge in [0.25, 0.3) is 0 Å². The van der Waals surface area contributed by atoms with Gasteiger partial charge >= 0.3 is 13.3 Å². The maximum Gasteiger partial charge on any atom is 0.498 e. The summed E-state index contributed by atoms with van der Waals surface area (Å²) in [6, 6.07) is 2.99. The predicted molar refractivity (Wildman–Crippen MR) is 107 cm³/mol. The Kier molecular flexibility index (Phi) is 5.94. The van der Waals surface area contributed by atoms with Crippen molar-refractivity contribution in [2.24, 2.45) is 5.92 Å². The third-order valence-corrected chi connectivity index (χ3v) is 5.55. The maximum absolute atomic E-state index is 12.3. The lowest BCUT2D eigenvalue weighted by Gasteiger charge is -2.32. The van der Waals surface area contributed by atoms with Gasteiger partial charge in [0.05, 0.1) is 17.2 Å². The molecule has 6 nitrogen and oxygen atoms in total. The van der Waals surface area contributed by atoms with Gasteiger partial charge in [-0.3, -0.25) is 4.68 Å². The van der Waals surface area contributed by atoms with E-state index in [0.29, 0.717) is 0 Å². The molecule has 0 saturated carbocycles. The highest BCUT2D eigenvalue weighted by Gasteiger charge is 2.52. The van der Waals surface area contributed by atoms with Crippen LogP contribution in [-0.4, -0.2) is 45.9 Å². The van der Waals surface area contributed by atoms with Gasteiger partial charge in [0, 0.05) is 30.1 Å². The molecule has 1 unspecified atom stereocenters. The second kappa shape index (κ2) is 7.88. The summed E-state index contributed by atoms with van der Waals surface area (Å²) < 4.78 is 55.6. The molecule has 3 heterocycles. The summed E-state index contributed by atoms with van der Waals surface area (Å²) >= 11 is 0. The largest absolute Gasteiger partial charge is 0.498 e. The van der Waals surface area contributed by atoms with E-state index in [1.165, 1.54) is 12.3 Å². The van der Waals surface area contributed by atoms with Crippen LogP contribution < -0.4 is 10.2 Å². The van der Waals surface area contributed by atoms with Gasteiger partial charge in [0.1, 0.15) is 0 Å². The van der Waals surface area contributed by atoms with Gasteiger partial charge in [-0.1, -0.05) is 13.8 Å². The van der Waals surface area contributed by atoms with Crippen LogP contribution in [0.3, 0.4) is 0 Å². The minimum Gasteiger partial charge on any atom is -0.468 e. The molecule has 0 N–H and O–H groups in total. The third kappa shape index (κ3) is 4.80. The molecule has 1 saturated heterocycles. The monoisotopic (exact) mass is 425 g/mol. The fourth-order valence-electron chi connectivity index (χ4n) is 3.26. The van der Waals surface area contributed by atoms with Crippen LogP contribution in [0.4, 0.5) is 13.2 Å². The van der Waals surface area contributed by atoms with E-state index in [4.69, 9.17) is 14.0 Å². The predicted octanol–water partition coefficient (Wildman–Crippen LogP) is 3.76. The van der Waals surface area contributed by atoms with Gasteiger partial charge in [-0.05, 0) is 45.2 Å². The molecule has 2 aromatic heterocycles. The van der Waals surface area contributed by atoms with Gasteiger partial charge in [-0.2, -0.15) is 18.3 Å². The van der Waals surface area contributed by atoms with Crippen LogP contribution in [0, 0.1) is 5.92 Å². The second-order valence-electron chi connectivity index (χ2n) is 8.86. The summed E-state index contributed by atoms with van der Waals surface area (Å²) in [5, 5.41) is 4.49. The number of hydrogen-bond donors (Lipinski definition) is 0. The van der Waals surface area contributed by atoms with Crippen LogP contribution in [0.15, 0.2) is 30.7 Å². The smallest absolute Gasteiger partial charge is 0.468 e. The van der Waals surface area contributed by atoms with E-state index in [1.54, 1.807) is 16.9 Å². The molecule has 3 rings (SSSR count). The van der Waals surface area contributed by atoms with Crippen molar-refractivity contribution in [2.45, 2.75) is 65.0 Å². The molecule has 1 fully saturated rings. The summed E-state index contributed by atoms with van der Waals surface area (Å²) in [5.41, 5.74) is 0.714. The number of halogens is 3. The Morgan fingerprint density at radius 1 is 1.10 bits per heavy atom. The topological polar surface area (TPSA) is 58.4 Å². The number of nitrogens with zero attached hydrogens (tertiary/aromatic N) is 3. The lowest BCUT2D eigenvalue weighted by molar-refractivity contribution is -0.154. The van der Waals surface area contributed by atoms with Crippen molar-refractivity contribution in [3.8, 4) is 5.88 Å². The molecule has 30 heavy (non-hydrogen) atoms. The summed E-state index contributed by atoms with van der Waals surface area (Å²) in [5.74, 6) is 0.0803. The van der Waals surface area contributed by atoms with E-state index in [-0.39, 0.29) is 17.8 Å². The molecule has 0 aliphatic carbocycles. The highest BCUT2D eigenvalue weighted by atomic mass is 19.4. The molecule has 0 aromatic carbocycles. The van der Waals surface area contributed by atoms with Crippen LogP contribution in [0.25, 0.3) is 0 Å². The molecular formula is C20H27BF3N3O3. The normalized spacial score (nSPS) is 19.3.